The molecule has 1 saturated heterocycles. The van der Waals surface area contributed by atoms with Crippen LogP contribution in [0.25, 0.3) is 11.0 Å². The van der Waals surface area contributed by atoms with Crippen molar-refractivity contribution in [2.24, 2.45) is 7.05 Å². The van der Waals surface area contributed by atoms with E-state index >= 15 is 0 Å². The quantitative estimate of drug-likeness (QED) is 0.610. The topological polar surface area (TPSA) is 106 Å². The summed E-state index contributed by atoms with van der Waals surface area (Å²) in [5.74, 6) is 1.01. The summed E-state index contributed by atoms with van der Waals surface area (Å²) in [7, 11) is 3.47. The predicted molar refractivity (Wildman–Crippen MR) is 117 cm³/mol. The van der Waals surface area contributed by atoms with Gasteiger partial charge in [0.05, 0.1) is 37.3 Å². The summed E-state index contributed by atoms with van der Waals surface area (Å²) in [5.41, 5.74) is 2.52. The molecule has 168 valence electrons. The second-order valence-electron chi connectivity index (χ2n) is 7.76. The number of aliphatic hydroxyl groups is 1. The van der Waals surface area contributed by atoms with Crippen molar-refractivity contribution in [1.82, 2.24) is 19.8 Å². The minimum atomic E-state index is -0.803. The van der Waals surface area contributed by atoms with Crippen LogP contribution in [0.5, 0.6) is 5.75 Å². The fourth-order valence-corrected chi connectivity index (χ4v) is 3.86. The fraction of sp³-hybridized carbons (Fsp3) is 0.348. The van der Waals surface area contributed by atoms with E-state index in [4.69, 9.17) is 9.47 Å². The Morgan fingerprint density at radius 2 is 2.00 bits per heavy atom. The first-order valence-corrected chi connectivity index (χ1v) is 10.4. The van der Waals surface area contributed by atoms with Crippen molar-refractivity contribution in [2.45, 2.75) is 31.7 Å². The van der Waals surface area contributed by atoms with Crippen LogP contribution >= 0.6 is 0 Å². The standard InChI is InChI=1S/C23H26N4O5/c1-26-19-9-8-17(31-2)11-18(19)25-21(26)12-24-22(29)20-10-16(28)13-27(20)23(30)32-14-15-6-4-3-5-7-15/h3-9,11,16,20,28H,10,12-14H2,1-2H3,(H,24,29)/t16-,20+/m1/s1. The van der Waals surface area contributed by atoms with Crippen molar-refractivity contribution < 1.29 is 24.2 Å². The van der Waals surface area contributed by atoms with Gasteiger partial charge in [0.1, 0.15) is 24.2 Å². The third-order valence-corrected chi connectivity index (χ3v) is 5.62. The number of amides is 2. The second kappa shape index (κ2) is 9.27. The molecule has 9 heteroatoms. The number of aryl methyl sites for hydroxylation is 1. The lowest BCUT2D eigenvalue weighted by Gasteiger charge is -2.23. The molecule has 2 aromatic carbocycles. The largest absolute Gasteiger partial charge is 0.497 e. The molecule has 0 radical (unpaired) electrons. The van der Waals surface area contributed by atoms with Gasteiger partial charge < -0.3 is 24.5 Å². The fourth-order valence-electron chi connectivity index (χ4n) is 3.86. The minimum absolute atomic E-state index is 0.0534. The Labute approximate surface area is 185 Å². The molecule has 1 aliphatic rings. The van der Waals surface area contributed by atoms with Crippen LogP contribution in [0, 0.1) is 0 Å². The Kier molecular flexibility index (Phi) is 6.27. The Morgan fingerprint density at radius 3 is 2.75 bits per heavy atom. The molecule has 0 saturated carbocycles. The van der Waals surface area contributed by atoms with Crippen molar-refractivity contribution in [3.05, 3.63) is 59.9 Å². The van der Waals surface area contributed by atoms with Crippen LogP contribution in [-0.2, 0) is 29.7 Å². The molecule has 1 aliphatic heterocycles. The lowest BCUT2D eigenvalue weighted by Crippen LogP contribution is -2.46. The number of ether oxygens (including phenoxy) is 2. The first-order chi connectivity index (χ1) is 15.5. The molecule has 1 aromatic heterocycles. The number of fused-ring (bicyclic) bond motifs is 1. The summed E-state index contributed by atoms with van der Waals surface area (Å²) < 4.78 is 12.5. The van der Waals surface area contributed by atoms with E-state index in [0.29, 0.717) is 11.6 Å². The van der Waals surface area contributed by atoms with E-state index in [0.717, 1.165) is 16.6 Å². The molecule has 1 fully saturated rings. The number of benzene rings is 2. The van der Waals surface area contributed by atoms with Crippen molar-refractivity contribution >= 4 is 23.0 Å². The molecule has 0 bridgehead atoms. The number of rotatable bonds is 6. The number of β-amino-alcohol motifs (C(OH)–C–C–N with tert-alkyl or cyclic N) is 1. The minimum Gasteiger partial charge on any atom is -0.497 e. The third-order valence-electron chi connectivity index (χ3n) is 5.62. The predicted octanol–water partition coefficient (Wildman–Crippen LogP) is 1.97. The number of likely N-dealkylation sites (tertiary alicyclic amines) is 1. The maximum Gasteiger partial charge on any atom is 0.410 e. The van der Waals surface area contributed by atoms with Gasteiger partial charge in [0, 0.05) is 19.5 Å². The van der Waals surface area contributed by atoms with Gasteiger partial charge in [-0.3, -0.25) is 9.69 Å². The van der Waals surface area contributed by atoms with Crippen molar-refractivity contribution in [2.75, 3.05) is 13.7 Å². The van der Waals surface area contributed by atoms with Crippen LogP contribution in [-0.4, -0.2) is 57.4 Å². The highest BCUT2D eigenvalue weighted by atomic mass is 16.6. The molecule has 2 N–H and O–H groups in total. The zero-order chi connectivity index (χ0) is 22.7. The Balaban J connectivity index is 1.40. The average Bonchev–Trinajstić information content (AvgIpc) is 3.36. The van der Waals surface area contributed by atoms with Crippen LogP contribution in [0.2, 0.25) is 0 Å². The lowest BCUT2D eigenvalue weighted by atomic mass is 10.2. The monoisotopic (exact) mass is 438 g/mol. The van der Waals surface area contributed by atoms with Gasteiger partial charge in [-0.05, 0) is 17.7 Å². The number of carbonyl (C=O) groups excluding carboxylic acids is 2. The smallest absolute Gasteiger partial charge is 0.410 e. The molecule has 9 nitrogen and oxygen atoms in total. The van der Waals surface area contributed by atoms with Crippen LogP contribution in [0.4, 0.5) is 4.79 Å². The van der Waals surface area contributed by atoms with E-state index in [1.165, 1.54) is 4.90 Å². The molecule has 3 aromatic rings. The second-order valence-corrected chi connectivity index (χ2v) is 7.76. The van der Waals surface area contributed by atoms with Crippen LogP contribution < -0.4 is 10.1 Å². The molecule has 0 aliphatic carbocycles. The summed E-state index contributed by atoms with van der Waals surface area (Å²) in [4.78, 5) is 31.3. The number of aliphatic hydroxyl groups excluding tert-OH is 1. The highest BCUT2D eigenvalue weighted by Gasteiger charge is 2.39. The van der Waals surface area contributed by atoms with Gasteiger partial charge in [-0.2, -0.15) is 0 Å². The van der Waals surface area contributed by atoms with E-state index in [1.54, 1.807) is 7.11 Å². The summed E-state index contributed by atoms with van der Waals surface area (Å²) in [6, 6.07) is 14.1. The lowest BCUT2D eigenvalue weighted by molar-refractivity contribution is -0.125. The molecule has 2 atom stereocenters. The Hall–Kier alpha value is -3.59. The molecule has 32 heavy (non-hydrogen) atoms. The molecule has 4 rings (SSSR count). The van der Waals surface area contributed by atoms with E-state index in [-0.39, 0.29) is 32.0 Å². The summed E-state index contributed by atoms with van der Waals surface area (Å²) in [6.45, 7) is 0.341. The normalized spacial score (nSPS) is 18.0. The maximum absolute atomic E-state index is 12.9. The van der Waals surface area contributed by atoms with E-state index in [1.807, 2.05) is 60.1 Å². The molecular weight excluding hydrogens is 412 g/mol. The molecule has 2 heterocycles. The van der Waals surface area contributed by atoms with Gasteiger partial charge in [0.15, 0.2) is 0 Å². The number of nitrogens with zero attached hydrogens (tertiary/aromatic N) is 3. The number of nitrogens with one attached hydrogen (secondary N) is 1. The number of carbonyl (C=O) groups is 2. The number of imidazole rings is 1. The first-order valence-electron chi connectivity index (χ1n) is 10.4. The SMILES string of the molecule is COc1ccc2c(c1)nc(CNC(=O)[C@@H]1C[C@@H](O)CN1C(=O)OCc1ccccc1)n2C. The highest BCUT2D eigenvalue weighted by Crippen LogP contribution is 2.22. The van der Waals surface area contributed by atoms with Gasteiger partial charge >= 0.3 is 6.09 Å². The van der Waals surface area contributed by atoms with Gasteiger partial charge in [-0.1, -0.05) is 30.3 Å². The first kappa shape index (κ1) is 21.6. The molecule has 0 unspecified atom stereocenters. The number of methoxy groups -OCH3 is 1. The molecule has 2 amide bonds. The molecular formula is C23H26N4O5. The van der Waals surface area contributed by atoms with Gasteiger partial charge in [0.25, 0.3) is 0 Å². The Bertz CT molecular complexity index is 1110. The third kappa shape index (κ3) is 4.52. The highest BCUT2D eigenvalue weighted by molar-refractivity contribution is 5.86. The van der Waals surface area contributed by atoms with E-state index in [2.05, 4.69) is 10.3 Å². The summed E-state index contributed by atoms with van der Waals surface area (Å²) >= 11 is 0. The van der Waals surface area contributed by atoms with Crippen molar-refractivity contribution in [3.8, 4) is 5.75 Å². The van der Waals surface area contributed by atoms with E-state index in [9.17, 15) is 14.7 Å². The average molecular weight is 438 g/mol. The van der Waals surface area contributed by atoms with Crippen LogP contribution in [0.1, 0.15) is 17.8 Å². The van der Waals surface area contributed by atoms with E-state index < -0.39 is 18.2 Å². The van der Waals surface area contributed by atoms with Crippen LogP contribution in [0.3, 0.4) is 0 Å². The number of hydrogen-bond donors (Lipinski definition) is 2. The van der Waals surface area contributed by atoms with Crippen LogP contribution in [0.15, 0.2) is 48.5 Å². The zero-order valence-corrected chi connectivity index (χ0v) is 18.0. The number of aromatic nitrogens is 2. The molecule has 0 spiro atoms. The Morgan fingerprint density at radius 1 is 1.22 bits per heavy atom. The van der Waals surface area contributed by atoms with Crippen molar-refractivity contribution in [1.29, 1.82) is 0 Å². The van der Waals surface area contributed by atoms with Crippen molar-refractivity contribution in [3.63, 3.8) is 0 Å². The maximum atomic E-state index is 12.9. The van der Waals surface area contributed by atoms with Gasteiger partial charge in [0.2, 0.25) is 5.91 Å². The summed E-state index contributed by atoms with van der Waals surface area (Å²) in [6.07, 6.45) is -1.25. The van der Waals surface area contributed by atoms with Gasteiger partial charge in [-0.25, -0.2) is 9.78 Å². The zero-order valence-electron chi connectivity index (χ0n) is 18.0. The number of hydrogen-bond acceptors (Lipinski definition) is 6. The van der Waals surface area contributed by atoms with Gasteiger partial charge in [-0.15, -0.1) is 0 Å². The summed E-state index contributed by atoms with van der Waals surface area (Å²) in [5, 5.41) is 12.9.